The Balaban J connectivity index is 2.38. The van der Waals surface area contributed by atoms with Crippen LogP contribution in [0.25, 0.3) is 28.1 Å². The molecule has 0 aliphatic carbocycles. The van der Waals surface area contributed by atoms with Crippen LogP contribution in [0, 0.1) is 5.82 Å². The van der Waals surface area contributed by atoms with Crippen molar-refractivity contribution in [3.63, 3.8) is 0 Å². The van der Waals surface area contributed by atoms with E-state index in [9.17, 15) is 19.1 Å². The second-order valence-corrected chi connectivity index (χ2v) is 7.63. The quantitative estimate of drug-likeness (QED) is 0.555. The van der Waals surface area contributed by atoms with Crippen LogP contribution in [-0.4, -0.2) is 36.0 Å². The molecule has 1 aromatic heterocycles. The van der Waals surface area contributed by atoms with Gasteiger partial charge in [-0.1, -0.05) is 30.4 Å². The molecule has 0 saturated heterocycles. The molecule has 0 aliphatic heterocycles. The van der Waals surface area contributed by atoms with Crippen LogP contribution in [0.2, 0.25) is 0 Å². The number of carbonyl (C=O) groups excluding carboxylic acids is 1. The van der Waals surface area contributed by atoms with Crippen molar-refractivity contribution >= 4 is 22.8 Å². The smallest absolute Gasteiger partial charge is 0.308 e. The highest BCUT2D eigenvalue weighted by molar-refractivity contribution is 5.96. The number of fused-ring (bicyclic) bond motifs is 1. The van der Waals surface area contributed by atoms with Gasteiger partial charge in [0.15, 0.2) is 0 Å². The van der Waals surface area contributed by atoms with Crippen LogP contribution in [0.1, 0.15) is 31.9 Å². The van der Waals surface area contributed by atoms with Crippen LogP contribution in [0.3, 0.4) is 0 Å². The van der Waals surface area contributed by atoms with Gasteiger partial charge in [0.05, 0.1) is 32.4 Å². The molecule has 6 nitrogen and oxygen atoms in total. The van der Waals surface area contributed by atoms with Crippen LogP contribution in [0.15, 0.2) is 53.3 Å². The lowest BCUT2D eigenvalue weighted by Gasteiger charge is -2.22. The van der Waals surface area contributed by atoms with Crippen molar-refractivity contribution in [2.24, 2.45) is 0 Å². The number of hydrogen-bond acceptors (Lipinski definition) is 5. The lowest BCUT2D eigenvalue weighted by molar-refractivity contribution is -0.142. The van der Waals surface area contributed by atoms with E-state index in [0.717, 1.165) is 0 Å². The normalized spacial score (nSPS) is 12.5. The third-order valence-corrected chi connectivity index (χ3v) is 5.19. The molecule has 2 aromatic carbocycles. The van der Waals surface area contributed by atoms with E-state index in [2.05, 4.69) is 4.74 Å². The topological polar surface area (TPSA) is 77.8 Å². The van der Waals surface area contributed by atoms with E-state index in [1.165, 1.54) is 32.4 Å². The van der Waals surface area contributed by atoms with E-state index >= 15 is 0 Å². The Bertz CT molecular complexity index is 1230. The maximum Gasteiger partial charge on any atom is 0.308 e. The SMILES string of the molecule is COC(=O)CC(O)C=Cc1c(-c2ccc(F)cc2OC)n(C(C)C)c(=O)c2ccccc12. The van der Waals surface area contributed by atoms with Crippen LogP contribution in [0.5, 0.6) is 5.75 Å². The van der Waals surface area contributed by atoms with Crippen molar-refractivity contribution in [3.8, 4) is 17.0 Å². The molecule has 3 rings (SSSR count). The molecule has 1 atom stereocenters. The standard InChI is InChI=1S/C25H26FNO5/c1-15(2)27-24(21-11-9-16(26)13-22(21)31-3)19(12-10-17(28)14-23(29)32-4)18-7-5-6-8-20(18)25(27)30/h5-13,15,17,28H,14H2,1-4H3. The summed E-state index contributed by atoms with van der Waals surface area (Å²) in [5.74, 6) is -0.728. The zero-order chi connectivity index (χ0) is 23.4. The first-order chi connectivity index (χ1) is 15.3. The van der Waals surface area contributed by atoms with Crippen molar-refractivity contribution in [2.45, 2.75) is 32.4 Å². The van der Waals surface area contributed by atoms with Crippen molar-refractivity contribution in [1.29, 1.82) is 0 Å². The molecule has 3 aromatic rings. The van der Waals surface area contributed by atoms with Gasteiger partial charge in [0, 0.05) is 28.6 Å². The minimum Gasteiger partial charge on any atom is -0.496 e. The fourth-order valence-electron chi connectivity index (χ4n) is 3.72. The summed E-state index contributed by atoms with van der Waals surface area (Å²) in [7, 11) is 2.69. The molecular formula is C25H26FNO5. The average molecular weight is 439 g/mol. The summed E-state index contributed by atoms with van der Waals surface area (Å²) in [6, 6.07) is 11.1. The molecule has 0 bridgehead atoms. The van der Waals surface area contributed by atoms with Gasteiger partial charge in [0.1, 0.15) is 11.6 Å². The average Bonchev–Trinajstić information content (AvgIpc) is 2.77. The highest BCUT2D eigenvalue weighted by atomic mass is 19.1. The van der Waals surface area contributed by atoms with Gasteiger partial charge in [-0.25, -0.2) is 4.39 Å². The molecule has 0 radical (unpaired) electrons. The Kier molecular flexibility index (Phi) is 7.10. The van der Waals surface area contributed by atoms with Crippen molar-refractivity contribution in [2.75, 3.05) is 14.2 Å². The van der Waals surface area contributed by atoms with Gasteiger partial charge in [-0.15, -0.1) is 0 Å². The third-order valence-electron chi connectivity index (χ3n) is 5.19. The fraction of sp³-hybridized carbons (Fsp3) is 0.280. The predicted molar refractivity (Wildman–Crippen MR) is 122 cm³/mol. The lowest BCUT2D eigenvalue weighted by atomic mass is 9.96. The van der Waals surface area contributed by atoms with Crippen LogP contribution in [-0.2, 0) is 9.53 Å². The van der Waals surface area contributed by atoms with E-state index in [-0.39, 0.29) is 23.8 Å². The number of hydrogen-bond donors (Lipinski definition) is 1. The predicted octanol–water partition coefficient (Wildman–Crippen LogP) is 4.33. The number of aliphatic hydroxyl groups is 1. The molecule has 168 valence electrons. The number of ether oxygens (including phenoxy) is 2. The summed E-state index contributed by atoms with van der Waals surface area (Å²) in [4.78, 5) is 24.9. The maximum atomic E-state index is 13.9. The number of rotatable bonds is 7. The Labute approximate surface area is 185 Å². The number of halogens is 1. The molecule has 7 heteroatoms. The number of aromatic nitrogens is 1. The van der Waals surface area contributed by atoms with Gasteiger partial charge >= 0.3 is 5.97 Å². The molecule has 1 N–H and O–H groups in total. The molecule has 0 saturated carbocycles. The van der Waals surface area contributed by atoms with Gasteiger partial charge in [-0.05, 0) is 37.4 Å². The molecule has 1 unspecified atom stereocenters. The molecular weight excluding hydrogens is 413 g/mol. The van der Waals surface area contributed by atoms with E-state index in [1.807, 2.05) is 26.0 Å². The molecule has 32 heavy (non-hydrogen) atoms. The zero-order valence-electron chi connectivity index (χ0n) is 18.5. The monoisotopic (exact) mass is 439 g/mol. The molecule has 0 aliphatic rings. The van der Waals surface area contributed by atoms with Gasteiger partial charge in [0.2, 0.25) is 0 Å². The molecule has 0 amide bonds. The zero-order valence-corrected chi connectivity index (χ0v) is 18.5. The summed E-state index contributed by atoms with van der Waals surface area (Å²) in [5.41, 5.74) is 1.52. The number of nitrogens with zero attached hydrogens (tertiary/aromatic N) is 1. The summed E-state index contributed by atoms with van der Waals surface area (Å²) >= 11 is 0. The largest absolute Gasteiger partial charge is 0.496 e. The second kappa shape index (κ2) is 9.78. The minimum atomic E-state index is -1.08. The summed E-state index contributed by atoms with van der Waals surface area (Å²) < 4.78 is 25.6. The summed E-state index contributed by atoms with van der Waals surface area (Å²) in [6.45, 7) is 3.77. The highest BCUT2D eigenvalue weighted by Gasteiger charge is 2.21. The second-order valence-electron chi connectivity index (χ2n) is 7.63. The lowest BCUT2D eigenvalue weighted by Crippen LogP contribution is -2.25. The van der Waals surface area contributed by atoms with Gasteiger partial charge in [-0.3, -0.25) is 9.59 Å². The molecule has 0 spiro atoms. The Hall–Kier alpha value is -3.45. The summed E-state index contributed by atoms with van der Waals surface area (Å²) in [6.07, 6.45) is 1.87. The first-order valence-corrected chi connectivity index (χ1v) is 10.2. The van der Waals surface area contributed by atoms with Crippen LogP contribution in [0.4, 0.5) is 4.39 Å². The number of esters is 1. The highest BCUT2D eigenvalue weighted by Crippen LogP contribution is 2.37. The first kappa shape index (κ1) is 23.2. The van der Waals surface area contributed by atoms with Crippen molar-refractivity contribution in [1.82, 2.24) is 4.57 Å². The van der Waals surface area contributed by atoms with Crippen molar-refractivity contribution < 1.29 is 23.8 Å². The van der Waals surface area contributed by atoms with Crippen LogP contribution < -0.4 is 10.3 Å². The van der Waals surface area contributed by atoms with Gasteiger partial charge < -0.3 is 19.1 Å². The fourth-order valence-corrected chi connectivity index (χ4v) is 3.72. The number of aliphatic hydroxyl groups excluding tert-OH is 1. The van der Waals surface area contributed by atoms with Crippen molar-refractivity contribution in [3.05, 3.63) is 70.3 Å². The van der Waals surface area contributed by atoms with Crippen LogP contribution >= 0.6 is 0 Å². The Morgan fingerprint density at radius 2 is 1.84 bits per heavy atom. The minimum absolute atomic E-state index is 0.191. The first-order valence-electron chi connectivity index (χ1n) is 10.2. The van der Waals surface area contributed by atoms with E-state index in [0.29, 0.717) is 27.6 Å². The van der Waals surface area contributed by atoms with Gasteiger partial charge in [-0.2, -0.15) is 0 Å². The number of benzene rings is 2. The summed E-state index contributed by atoms with van der Waals surface area (Å²) in [5, 5.41) is 11.5. The third kappa shape index (κ3) is 4.57. The molecule has 1 heterocycles. The maximum absolute atomic E-state index is 13.9. The van der Waals surface area contributed by atoms with E-state index in [1.54, 1.807) is 28.8 Å². The Morgan fingerprint density at radius 3 is 2.47 bits per heavy atom. The van der Waals surface area contributed by atoms with E-state index < -0.39 is 17.9 Å². The van der Waals surface area contributed by atoms with Gasteiger partial charge in [0.25, 0.3) is 5.56 Å². The Morgan fingerprint density at radius 1 is 1.16 bits per heavy atom. The van der Waals surface area contributed by atoms with E-state index in [4.69, 9.17) is 4.74 Å². The number of methoxy groups -OCH3 is 2. The number of carbonyl (C=O) groups is 1. The number of pyridine rings is 1. The molecule has 0 fully saturated rings.